The minimum atomic E-state index is -0.948. The fraction of sp³-hybridized carbons (Fsp3) is 0.688. The molecule has 2 saturated heterocycles. The van der Waals surface area contributed by atoms with Crippen molar-refractivity contribution in [2.75, 3.05) is 26.2 Å². The minimum absolute atomic E-state index is 0.0180. The summed E-state index contributed by atoms with van der Waals surface area (Å²) in [6.07, 6.45) is 6.57. The summed E-state index contributed by atoms with van der Waals surface area (Å²) in [6, 6.07) is 0. The molecule has 2 aliphatic rings. The average Bonchev–Trinajstić information content (AvgIpc) is 3.06. The molecule has 0 saturated carbocycles. The number of piperidine rings is 1. The van der Waals surface area contributed by atoms with Crippen molar-refractivity contribution in [3.8, 4) is 0 Å². The van der Waals surface area contributed by atoms with Crippen LogP contribution >= 0.6 is 0 Å². The summed E-state index contributed by atoms with van der Waals surface area (Å²) in [5.74, 6) is 0.0990. The van der Waals surface area contributed by atoms with E-state index in [2.05, 4.69) is 9.97 Å². The van der Waals surface area contributed by atoms with Gasteiger partial charge in [0, 0.05) is 37.4 Å². The zero-order chi connectivity index (χ0) is 16.2. The molecule has 1 atom stereocenters. The molecular weight excluding hydrogens is 296 g/mol. The number of hydrogen-bond donors (Lipinski definition) is 2. The first-order valence-electron chi connectivity index (χ1n) is 8.38. The van der Waals surface area contributed by atoms with E-state index in [0.29, 0.717) is 32.0 Å². The Kier molecular flexibility index (Phi) is 4.95. The molecule has 126 valence electrons. The predicted octanol–water partition coefficient (Wildman–Crippen LogP) is 0.489. The van der Waals surface area contributed by atoms with Gasteiger partial charge in [0.1, 0.15) is 6.10 Å². The highest BCUT2D eigenvalue weighted by Gasteiger charge is 2.29. The molecule has 3 heterocycles. The molecule has 1 unspecified atom stereocenters. The maximum absolute atomic E-state index is 12.5. The van der Waals surface area contributed by atoms with E-state index >= 15 is 0 Å². The van der Waals surface area contributed by atoms with Crippen LogP contribution in [0.3, 0.4) is 0 Å². The second kappa shape index (κ2) is 7.12. The maximum Gasteiger partial charge on any atom is 0.251 e. The van der Waals surface area contributed by atoms with Crippen LogP contribution in [-0.2, 0) is 9.59 Å². The lowest BCUT2D eigenvalue weighted by molar-refractivity contribution is -0.145. The van der Waals surface area contributed by atoms with Gasteiger partial charge >= 0.3 is 0 Å². The highest BCUT2D eigenvalue weighted by atomic mass is 16.3. The van der Waals surface area contributed by atoms with Gasteiger partial charge in [-0.3, -0.25) is 9.59 Å². The van der Waals surface area contributed by atoms with Crippen LogP contribution in [0.5, 0.6) is 0 Å². The number of carbonyl (C=O) groups is 2. The van der Waals surface area contributed by atoms with E-state index in [-0.39, 0.29) is 18.4 Å². The molecule has 2 N–H and O–H groups in total. The molecule has 2 aliphatic heterocycles. The Bertz CT molecular complexity index is 538. The Balaban J connectivity index is 1.52. The molecule has 1 aromatic heterocycles. The van der Waals surface area contributed by atoms with E-state index < -0.39 is 6.10 Å². The number of rotatable bonds is 3. The van der Waals surface area contributed by atoms with Crippen LogP contribution in [0.2, 0.25) is 0 Å². The number of hydrogen-bond acceptors (Lipinski definition) is 4. The van der Waals surface area contributed by atoms with Gasteiger partial charge in [-0.25, -0.2) is 4.98 Å². The lowest BCUT2D eigenvalue weighted by Crippen LogP contribution is -2.47. The van der Waals surface area contributed by atoms with Crippen molar-refractivity contribution >= 4 is 11.8 Å². The maximum atomic E-state index is 12.5. The van der Waals surface area contributed by atoms with E-state index in [9.17, 15) is 14.7 Å². The Hall–Kier alpha value is -1.89. The number of amides is 2. The number of carbonyl (C=O) groups excluding carboxylic acids is 2. The van der Waals surface area contributed by atoms with Crippen molar-refractivity contribution in [3.05, 3.63) is 18.2 Å². The number of H-pyrrole nitrogens is 1. The standard InChI is InChI=1S/C16H24N4O3/c21-14-3-1-2-6-20(16(14)23)10-15(22)19-7-4-12(5-8-19)13-9-17-11-18-13/h9,11-12,14,21H,1-8,10H2,(H,17,18). The molecular formula is C16H24N4O3. The largest absolute Gasteiger partial charge is 0.383 e. The molecule has 23 heavy (non-hydrogen) atoms. The number of nitrogens with zero attached hydrogens (tertiary/aromatic N) is 3. The quantitative estimate of drug-likeness (QED) is 0.848. The Morgan fingerprint density at radius 1 is 1.26 bits per heavy atom. The number of aromatic nitrogens is 2. The van der Waals surface area contributed by atoms with Crippen molar-refractivity contribution in [1.29, 1.82) is 0 Å². The molecule has 1 aromatic rings. The van der Waals surface area contributed by atoms with Crippen molar-refractivity contribution in [2.24, 2.45) is 0 Å². The van der Waals surface area contributed by atoms with Crippen LogP contribution in [-0.4, -0.2) is 69.0 Å². The second-order valence-corrected chi connectivity index (χ2v) is 6.43. The highest BCUT2D eigenvalue weighted by Crippen LogP contribution is 2.26. The van der Waals surface area contributed by atoms with Gasteiger partial charge in [-0.1, -0.05) is 0 Å². The number of nitrogens with one attached hydrogen (secondary N) is 1. The smallest absolute Gasteiger partial charge is 0.251 e. The summed E-state index contributed by atoms with van der Waals surface area (Å²) in [5.41, 5.74) is 1.13. The molecule has 0 radical (unpaired) electrons. The van der Waals surface area contributed by atoms with Crippen LogP contribution in [0.15, 0.2) is 12.5 Å². The number of likely N-dealkylation sites (tertiary alicyclic amines) is 2. The fourth-order valence-corrected chi connectivity index (χ4v) is 3.43. The summed E-state index contributed by atoms with van der Waals surface area (Å²) in [4.78, 5) is 35.1. The van der Waals surface area contributed by atoms with Gasteiger partial charge in [-0.05, 0) is 32.1 Å². The summed E-state index contributed by atoms with van der Waals surface area (Å²) < 4.78 is 0. The van der Waals surface area contributed by atoms with Crippen LogP contribution in [0, 0.1) is 0 Å². The molecule has 2 amide bonds. The van der Waals surface area contributed by atoms with Crippen LogP contribution in [0.25, 0.3) is 0 Å². The molecule has 7 heteroatoms. The van der Waals surface area contributed by atoms with E-state index in [1.807, 2.05) is 11.1 Å². The third-order valence-corrected chi connectivity index (χ3v) is 4.89. The van der Waals surface area contributed by atoms with E-state index in [0.717, 1.165) is 31.4 Å². The zero-order valence-corrected chi connectivity index (χ0v) is 13.3. The van der Waals surface area contributed by atoms with Gasteiger partial charge in [0.25, 0.3) is 5.91 Å². The number of imidazole rings is 1. The SMILES string of the molecule is O=C(CN1CCCCC(O)C1=O)N1CCC(c2cnc[nH]2)CC1. The molecule has 0 bridgehead atoms. The van der Waals surface area contributed by atoms with Crippen molar-refractivity contribution in [2.45, 2.75) is 44.1 Å². The second-order valence-electron chi connectivity index (χ2n) is 6.43. The number of aliphatic hydroxyl groups is 1. The van der Waals surface area contributed by atoms with Crippen LogP contribution in [0.4, 0.5) is 0 Å². The molecule has 7 nitrogen and oxygen atoms in total. The van der Waals surface area contributed by atoms with E-state index in [1.165, 1.54) is 4.90 Å². The number of aromatic amines is 1. The lowest BCUT2D eigenvalue weighted by Gasteiger charge is -2.33. The minimum Gasteiger partial charge on any atom is -0.383 e. The Labute approximate surface area is 135 Å². The van der Waals surface area contributed by atoms with Crippen molar-refractivity contribution in [1.82, 2.24) is 19.8 Å². The Morgan fingerprint density at radius 3 is 2.74 bits per heavy atom. The predicted molar refractivity (Wildman–Crippen MR) is 83.6 cm³/mol. The van der Waals surface area contributed by atoms with Crippen LogP contribution in [0.1, 0.15) is 43.7 Å². The molecule has 0 aliphatic carbocycles. The van der Waals surface area contributed by atoms with E-state index in [4.69, 9.17) is 0 Å². The highest BCUT2D eigenvalue weighted by molar-refractivity contribution is 5.87. The first kappa shape index (κ1) is 16.0. The summed E-state index contributed by atoms with van der Waals surface area (Å²) in [7, 11) is 0. The first-order chi connectivity index (χ1) is 11.1. The first-order valence-corrected chi connectivity index (χ1v) is 8.38. The van der Waals surface area contributed by atoms with Gasteiger partial charge in [0.15, 0.2) is 0 Å². The molecule has 3 rings (SSSR count). The van der Waals surface area contributed by atoms with Gasteiger partial charge in [0.2, 0.25) is 5.91 Å². The zero-order valence-electron chi connectivity index (χ0n) is 13.3. The molecule has 0 aromatic carbocycles. The summed E-state index contributed by atoms with van der Waals surface area (Å²) >= 11 is 0. The fourth-order valence-electron chi connectivity index (χ4n) is 3.43. The summed E-state index contributed by atoms with van der Waals surface area (Å²) in [5, 5.41) is 9.77. The van der Waals surface area contributed by atoms with Crippen molar-refractivity contribution < 1.29 is 14.7 Å². The molecule has 0 spiro atoms. The molecule has 2 fully saturated rings. The third-order valence-electron chi connectivity index (χ3n) is 4.89. The van der Waals surface area contributed by atoms with E-state index in [1.54, 1.807) is 6.33 Å². The third kappa shape index (κ3) is 3.72. The van der Waals surface area contributed by atoms with Gasteiger partial charge in [0.05, 0.1) is 12.9 Å². The number of aliphatic hydroxyl groups excluding tert-OH is 1. The summed E-state index contributed by atoms with van der Waals surface area (Å²) in [6.45, 7) is 2.05. The monoisotopic (exact) mass is 320 g/mol. The normalized spacial score (nSPS) is 23.9. The van der Waals surface area contributed by atoms with Crippen molar-refractivity contribution in [3.63, 3.8) is 0 Å². The van der Waals surface area contributed by atoms with Crippen LogP contribution < -0.4 is 0 Å². The van der Waals surface area contributed by atoms with Gasteiger partial charge < -0.3 is 19.9 Å². The van der Waals surface area contributed by atoms with Gasteiger partial charge in [-0.15, -0.1) is 0 Å². The Morgan fingerprint density at radius 2 is 2.04 bits per heavy atom. The lowest BCUT2D eigenvalue weighted by atomic mass is 9.94. The average molecular weight is 320 g/mol. The van der Waals surface area contributed by atoms with Gasteiger partial charge in [-0.2, -0.15) is 0 Å². The topological polar surface area (TPSA) is 89.5 Å².